The van der Waals surface area contributed by atoms with E-state index >= 15 is 0 Å². The monoisotopic (exact) mass is 419 g/mol. The molecule has 3 atom stereocenters. The zero-order valence-corrected chi connectivity index (χ0v) is 15.5. The van der Waals surface area contributed by atoms with Crippen molar-refractivity contribution in [2.24, 2.45) is 11.6 Å². The predicted octanol–water partition coefficient (Wildman–Crippen LogP) is 0.546. The number of ether oxygens (including phenoxy) is 1. The topological polar surface area (TPSA) is 120 Å². The van der Waals surface area contributed by atoms with Gasteiger partial charge in [0.25, 0.3) is 5.91 Å². The van der Waals surface area contributed by atoms with Crippen LogP contribution in [0.15, 0.2) is 41.1 Å². The van der Waals surface area contributed by atoms with Gasteiger partial charge in [0.05, 0.1) is 23.4 Å². The van der Waals surface area contributed by atoms with Gasteiger partial charge in [0.2, 0.25) is 0 Å². The maximum absolute atomic E-state index is 13.0. The lowest BCUT2D eigenvalue weighted by Crippen LogP contribution is -2.57. The summed E-state index contributed by atoms with van der Waals surface area (Å²) in [4.78, 5) is 14.4. The molecule has 1 aromatic rings. The lowest BCUT2D eigenvalue weighted by molar-refractivity contribution is -0.274. The average Bonchev–Trinajstić information content (AvgIpc) is 2.90. The molecule has 5 N–H and O–H groups in total. The fraction of sp³-hybridized carbons (Fsp3) is 0.438. The number of piperazine rings is 1. The molecule has 12 heteroatoms. The summed E-state index contributed by atoms with van der Waals surface area (Å²) in [5.41, 5.74) is 7.72. The van der Waals surface area contributed by atoms with Gasteiger partial charge in [-0.05, 0) is 37.1 Å². The van der Waals surface area contributed by atoms with E-state index in [0.29, 0.717) is 18.0 Å². The molecular formula is C16H20F3N5O3S. The summed E-state index contributed by atoms with van der Waals surface area (Å²) in [6.07, 6.45) is -2.17. The first-order chi connectivity index (χ1) is 13.2. The van der Waals surface area contributed by atoms with Crippen LogP contribution in [0, 0.1) is 0 Å². The van der Waals surface area contributed by atoms with Crippen LogP contribution in [-0.2, 0) is 16.2 Å². The van der Waals surface area contributed by atoms with Crippen molar-refractivity contribution in [2.75, 3.05) is 13.1 Å². The van der Waals surface area contributed by atoms with Gasteiger partial charge in [-0.2, -0.15) is 0 Å². The van der Waals surface area contributed by atoms with E-state index in [1.807, 2.05) is 4.31 Å². The molecule has 2 fully saturated rings. The number of nitrogens with zero attached hydrogens (tertiary/aromatic N) is 2. The number of amides is 1. The largest absolute Gasteiger partial charge is 0.593 e. The van der Waals surface area contributed by atoms with E-state index in [1.165, 1.54) is 12.1 Å². The van der Waals surface area contributed by atoms with Crippen LogP contribution >= 0.6 is 0 Å². The molecular weight excluding hydrogens is 399 g/mol. The first-order valence-electron chi connectivity index (χ1n) is 8.47. The standard InChI is InChI=1S/C16H20F3N5O3S/c17-16(18,19)27-12-3-5-13(6-4-12)28(26)24-10-1-2-11(24)9-23(8-10)15(25)14(7-20)22-21/h3-7,10-11,22H,1-2,8-9,20-21H2/b14-7-. The molecule has 2 heterocycles. The highest BCUT2D eigenvalue weighted by atomic mass is 32.2. The average molecular weight is 419 g/mol. The molecule has 3 unspecified atom stereocenters. The molecule has 8 nitrogen and oxygen atoms in total. The summed E-state index contributed by atoms with van der Waals surface area (Å²) in [6.45, 7) is 0.713. The third-order valence-electron chi connectivity index (χ3n) is 4.71. The fourth-order valence-electron chi connectivity index (χ4n) is 3.53. The highest BCUT2D eigenvalue weighted by Crippen LogP contribution is 2.36. The molecule has 0 aromatic heterocycles. The first-order valence-corrected chi connectivity index (χ1v) is 9.58. The van der Waals surface area contributed by atoms with Crippen molar-refractivity contribution in [3.63, 3.8) is 0 Å². The second-order valence-electron chi connectivity index (χ2n) is 6.45. The highest BCUT2D eigenvalue weighted by Gasteiger charge is 2.48. The van der Waals surface area contributed by atoms with E-state index < -0.39 is 17.7 Å². The lowest BCUT2D eigenvalue weighted by atomic mass is 10.2. The minimum Gasteiger partial charge on any atom is -0.593 e. The molecule has 0 aliphatic carbocycles. The van der Waals surface area contributed by atoms with Crippen molar-refractivity contribution in [3.05, 3.63) is 36.2 Å². The molecule has 1 aromatic carbocycles. The van der Waals surface area contributed by atoms with Crippen LogP contribution < -0.4 is 21.7 Å². The summed E-state index contributed by atoms with van der Waals surface area (Å²) in [7, 11) is 0. The smallest absolute Gasteiger partial charge is 0.573 e. The Labute approximate surface area is 162 Å². The minimum atomic E-state index is -4.78. The molecule has 154 valence electrons. The molecule has 2 aliphatic heterocycles. The van der Waals surface area contributed by atoms with Crippen LogP contribution in [0.4, 0.5) is 13.2 Å². The Balaban J connectivity index is 1.69. The molecule has 2 bridgehead atoms. The van der Waals surface area contributed by atoms with Crippen LogP contribution in [0.1, 0.15) is 12.8 Å². The number of benzene rings is 1. The van der Waals surface area contributed by atoms with Gasteiger partial charge in [0.15, 0.2) is 4.90 Å². The van der Waals surface area contributed by atoms with E-state index in [2.05, 4.69) is 10.2 Å². The van der Waals surface area contributed by atoms with Gasteiger partial charge in [-0.25, -0.2) is 0 Å². The van der Waals surface area contributed by atoms with Crippen LogP contribution in [0.2, 0.25) is 0 Å². The Kier molecular flexibility index (Phi) is 5.93. The number of carbonyl (C=O) groups is 1. The van der Waals surface area contributed by atoms with E-state index in [-0.39, 0.29) is 29.4 Å². The number of hydrazine groups is 1. The number of hydrogen-bond donors (Lipinski definition) is 3. The number of nitrogens with one attached hydrogen (secondary N) is 1. The number of hydrogen-bond acceptors (Lipinski definition) is 7. The van der Waals surface area contributed by atoms with Crippen LogP contribution in [0.5, 0.6) is 5.75 Å². The van der Waals surface area contributed by atoms with Gasteiger partial charge >= 0.3 is 6.36 Å². The Morgan fingerprint density at radius 2 is 1.82 bits per heavy atom. The Morgan fingerprint density at radius 1 is 1.25 bits per heavy atom. The van der Waals surface area contributed by atoms with Crippen molar-refractivity contribution in [1.82, 2.24) is 14.6 Å². The predicted molar refractivity (Wildman–Crippen MR) is 94.4 cm³/mol. The summed E-state index contributed by atoms with van der Waals surface area (Å²) in [6, 6.07) is 4.70. The zero-order valence-electron chi connectivity index (χ0n) is 14.7. The number of fused-ring (bicyclic) bond motifs is 2. The Morgan fingerprint density at radius 3 is 2.29 bits per heavy atom. The number of rotatable bonds is 5. The van der Waals surface area contributed by atoms with Gasteiger partial charge in [0.1, 0.15) is 11.4 Å². The summed E-state index contributed by atoms with van der Waals surface area (Å²) in [5.74, 6) is 4.59. The van der Waals surface area contributed by atoms with Gasteiger partial charge in [-0.3, -0.25) is 10.6 Å². The molecule has 28 heavy (non-hydrogen) atoms. The quantitative estimate of drug-likeness (QED) is 0.276. The van der Waals surface area contributed by atoms with Crippen molar-refractivity contribution in [3.8, 4) is 5.75 Å². The molecule has 2 aliphatic rings. The van der Waals surface area contributed by atoms with Crippen LogP contribution in [0.3, 0.4) is 0 Å². The van der Waals surface area contributed by atoms with E-state index in [0.717, 1.165) is 31.2 Å². The van der Waals surface area contributed by atoms with Gasteiger partial charge in [-0.1, -0.05) is 0 Å². The number of halogens is 3. The zero-order chi connectivity index (χ0) is 20.5. The fourth-order valence-corrected chi connectivity index (χ4v) is 5.03. The van der Waals surface area contributed by atoms with Crippen molar-refractivity contribution < 1.29 is 27.3 Å². The molecule has 0 radical (unpaired) electrons. The second kappa shape index (κ2) is 8.07. The third-order valence-corrected chi connectivity index (χ3v) is 6.36. The third kappa shape index (κ3) is 4.29. The Bertz CT molecular complexity index is 732. The second-order valence-corrected chi connectivity index (χ2v) is 7.84. The van der Waals surface area contributed by atoms with Gasteiger partial charge in [-0.15, -0.1) is 17.5 Å². The molecule has 0 spiro atoms. The summed E-state index contributed by atoms with van der Waals surface area (Å²) in [5, 5.41) is 0. The number of likely N-dealkylation sites (tertiary alicyclic amines) is 1. The van der Waals surface area contributed by atoms with Crippen molar-refractivity contribution >= 4 is 17.3 Å². The summed E-state index contributed by atoms with van der Waals surface area (Å²) < 4.78 is 55.4. The van der Waals surface area contributed by atoms with Gasteiger partial charge < -0.3 is 25.3 Å². The van der Waals surface area contributed by atoms with E-state index in [4.69, 9.17) is 11.6 Å². The van der Waals surface area contributed by atoms with Crippen molar-refractivity contribution in [1.29, 1.82) is 0 Å². The van der Waals surface area contributed by atoms with Gasteiger partial charge in [0, 0.05) is 19.3 Å². The maximum atomic E-state index is 13.0. The minimum absolute atomic E-state index is 0.0780. The number of carbonyl (C=O) groups excluding carboxylic acids is 1. The SMILES string of the molecule is N/C=C(\NN)C(=O)N1CC2CCC(C1)N2[S+]([O-])c1ccc(OC(F)(F)F)cc1. The number of nitrogens with two attached hydrogens (primary N) is 2. The molecule has 0 saturated carbocycles. The normalized spacial score (nSPS) is 24.2. The maximum Gasteiger partial charge on any atom is 0.573 e. The Hall–Kier alpha value is -2.15. The number of alkyl halides is 3. The van der Waals surface area contributed by atoms with Crippen LogP contribution in [-0.4, -0.2) is 51.2 Å². The first kappa shape index (κ1) is 20.6. The van der Waals surface area contributed by atoms with Crippen molar-refractivity contribution in [2.45, 2.75) is 36.2 Å². The van der Waals surface area contributed by atoms with Crippen LogP contribution in [0.25, 0.3) is 0 Å². The molecule has 3 rings (SSSR count). The highest BCUT2D eigenvalue weighted by molar-refractivity contribution is 7.89. The van der Waals surface area contributed by atoms with E-state index in [9.17, 15) is 22.5 Å². The lowest BCUT2D eigenvalue weighted by Gasteiger charge is -2.39. The molecule has 1 amide bonds. The molecule has 2 saturated heterocycles. The van der Waals surface area contributed by atoms with E-state index in [1.54, 1.807) is 4.90 Å². The summed E-state index contributed by atoms with van der Waals surface area (Å²) >= 11 is -1.56.